The third-order valence-corrected chi connectivity index (χ3v) is 4.77. The van der Waals surface area contributed by atoms with Crippen LogP contribution in [0.2, 0.25) is 5.02 Å². The first-order chi connectivity index (χ1) is 7.75. The van der Waals surface area contributed by atoms with Crippen molar-refractivity contribution < 1.29 is 0 Å². The minimum absolute atomic E-state index is 0.820. The Hall–Kier alpha value is -0.180. The van der Waals surface area contributed by atoms with E-state index in [4.69, 9.17) is 11.6 Å². The van der Waals surface area contributed by atoms with Crippen molar-refractivity contribution >= 4 is 23.4 Å². The lowest BCUT2D eigenvalue weighted by molar-refractivity contribution is 0.646. The molecule has 1 aliphatic rings. The maximum atomic E-state index is 6.09. The van der Waals surface area contributed by atoms with Gasteiger partial charge < -0.3 is 5.32 Å². The Kier molecular flexibility index (Phi) is 4.56. The lowest BCUT2D eigenvalue weighted by atomic mass is 10.1. The Labute approximate surface area is 107 Å². The van der Waals surface area contributed by atoms with Gasteiger partial charge >= 0.3 is 0 Å². The molecular weight excluding hydrogens is 238 g/mol. The van der Waals surface area contributed by atoms with Crippen LogP contribution in [-0.4, -0.2) is 17.5 Å². The van der Waals surface area contributed by atoms with Crippen LogP contribution < -0.4 is 5.32 Å². The van der Waals surface area contributed by atoms with Gasteiger partial charge in [-0.25, -0.2) is 0 Å². The van der Waals surface area contributed by atoms with Gasteiger partial charge in [0.1, 0.15) is 0 Å². The normalized spacial score (nSPS) is 20.2. The molecule has 1 fully saturated rings. The summed E-state index contributed by atoms with van der Waals surface area (Å²) in [7, 11) is 0. The van der Waals surface area contributed by atoms with E-state index >= 15 is 0 Å². The van der Waals surface area contributed by atoms with Crippen molar-refractivity contribution in [2.75, 3.05) is 12.3 Å². The number of benzene rings is 1. The molecule has 0 amide bonds. The van der Waals surface area contributed by atoms with E-state index in [1.54, 1.807) is 0 Å². The van der Waals surface area contributed by atoms with Crippen LogP contribution in [0.3, 0.4) is 0 Å². The molecule has 0 spiro atoms. The van der Waals surface area contributed by atoms with Gasteiger partial charge in [-0.05, 0) is 42.7 Å². The number of hydrogen-bond donors (Lipinski definition) is 1. The number of nitrogens with one attached hydrogen (secondary N) is 1. The number of thioether (sulfide) groups is 1. The second-order valence-corrected chi connectivity index (χ2v) is 6.16. The highest BCUT2D eigenvalue weighted by Gasteiger charge is 2.14. The summed E-state index contributed by atoms with van der Waals surface area (Å²) in [5, 5.41) is 5.20. The highest BCUT2D eigenvalue weighted by Crippen LogP contribution is 2.25. The Morgan fingerprint density at radius 1 is 1.50 bits per heavy atom. The Bertz CT molecular complexity index is 348. The minimum atomic E-state index is 0.820. The van der Waals surface area contributed by atoms with Gasteiger partial charge in [0.2, 0.25) is 0 Å². The zero-order chi connectivity index (χ0) is 11.4. The molecule has 0 radical (unpaired) electrons. The van der Waals surface area contributed by atoms with Crippen LogP contribution in [0.15, 0.2) is 18.2 Å². The predicted octanol–water partition coefficient (Wildman–Crippen LogP) is 3.63. The molecule has 88 valence electrons. The van der Waals surface area contributed by atoms with Gasteiger partial charge in [0, 0.05) is 23.4 Å². The van der Waals surface area contributed by atoms with Gasteiger partial charge in [0.05, 0.1) is 0 Å². The molecule has 16 heavy (non-hydrogen) atoms. The van der Waals surface area contributed by atoms with Gasteiger partial charge in [-0.15, -0.1) is 0 Å². The first-order valence-electron chi connectivity index (χ1n) is 5.83. The molecule has 1 N–H and O–H groups in total. The van der Waals surface area contributed by atoms with Crippen molar-refractivity contribution in [3.63, 3.8) is 0 Å². The Morgan fingerprint density at radius 3 is 3.06 bits per heavy atom. The van der Waals surface area contributed by atoms with Crippen LogP contribution in [0, 0.1) is 6.92 Å². The van der Waals surface area contributed by atoms with Crippen molar-refractivity contribution in [1.82, 2.24) is 5.32 Å². The van der Waals surface area contributed by atoms with Gasteiger partial charge in [0.25, 0.3) is 0 Å². The smallest absolute Gasteiger partial charge is 0.0438 e. The molecular formula is C13H18ClNS. The molecule has 1 unspecified atom stereocenters. The van der Waals surface area contributed by atoms with Gasteiger partial charge in [-0.1, -0.05) is 23.7 Å². The van der Waals surface area contributed by atoms with E-state index in [2.05, 4.69) is 35.3 Å². The zero-order valence-electron chi connectivity index (χ0n) is 9.63. The Morgan fingerprint density at radius 2 is 2.38 bits per heavy atom. The third kappa shape index (κ3) is 3.41. The van der Waals surface area contributed by atoms with Crippen LogP contribution in [-0.2, 0) is 6.54 Å². The fraction of sp³-hybridized carbons (Fsp3) is 0.538. The third-order valence-electron chi connectivity index (χ3n) is 2.96. The quantitative estimate of drug-likeness (QED) is 0.882. The lowest BCUT2D eigenvalue weighted by Gasteiger charge is -2.10. The second-order valence-electron chi connectivity index (χ2n) is 4.35. The summed E-state index contributed by atoms with van der Waals surface area (Å²) in [5.74, 6) is 1.34. The van der Waals surface area contributed by atoms with E-state index in [0.717, 1.165) is 28.9 Å². The van der Waals surface area contributed by atoms with Crippen molar-refractivity contribution in [3.05, 3.63) is 34.3 Å². The molecule has 1 atom stereocenters. The topological polar surface area (TPSA) is 12.0 Å². The first-order valence-corrected chi connectivity index (χ1v) is 7.26. The highest BCUT2D eigenvalue weighted by atomic mass is 35.5. The second kappa shape index (κ2) is 5.95. The number of halogens is 1. The molecule has 0 aromatic heterocycles. The molecule has 1 aromatic carbocycles. The summed E-state index contributed by atoms with van der Waals surface area (Å²) in [6.45, 7) is 4.09. The van der Waals surface area contributed by atoms with Crippen molar-refractivity contribution in [3.8, 4) is 0 Å². The molecule has 1 saturated heterocycles. The van der Waals surface area contributed by atoms with Crippen LogP contribution in [0.25, 0.3) is 0 Å². The molecule has 0 saturated carbocycles. The first kappa shape index (κ1) is 12.3. The van der Waals surface area contributed by atoms with Crippen LogP contribution in [0.1, 0.15) is 24.0 Å². The van der Waals surface area contributed by atoms with Crippen molar-refractivity contribution in [2.45, 2.75) is 31.6 Å². The summed E-state index contributed by atoms with van der Waals surface area (Å²) in [6.07, 6.45) is 2.75. The summed E-state index contributed by atoms with van der Waals surface area (Å²) >= 11 is 8.18. The monoisotopic (exact) mass is 255 g/mol. The average molecular weight is 256 g/mol. The van der Waals surface area contributed by atoms with Crippen molar-refractivity contribution in [2.24, 2.45) is 0 Å². The summed E-state index contributed by atoms with van der Waals surface area (Å²) in [5.41, 5.74) is 2.43. The molecule has 1 heterocycles. The largest absolute Gasteiger partial charge is 0.312 e. The summed E-state index contributed by atoms with van der Waals surface area (Å²) < 4.78 is 0. The van der Waals surface area contributed by atoms with Gasteiger partial charge in [0.15, 0.2) is 0 Å². The molecule has 1 aromatic rings. The van der Waals surface area contributed by atoms with Gasteiger partial charge in [-0.3, -0.25) is 0 Å². The molecule has 0 bridgehead atoms. The van der Waals surface area contributed by atoms with E-state index < -0.39 is 0 Å². The predicted molar refractivity (Wildman–Crippen MR) is 73.4 cm³/mol. The van der Waals surface area contributed by atoms with E-state index in [1.807, 2.05) is 6.92 Å². The number of aryl methyl sites for hydroxylation is 1. The molecule has 2 rings (SSSR count). The molecule has 0 aliphatic carbocycles. The average Bonchev–Trinajstić information content (AvgIpc) is 2.76. The Balaban J connectivity index is 1.78. The molecule has 1 aliphatic heterocycles. The standard InChI is InChI=1S/C13H18ClNS/c1-10-4-5-11(7-13(10)14)8-15-9-12-3-2-6-16-12/h4-5,7,12,15H,2-3,6,8-9H2,1H3. The van der Waals surface area contributed by atoms with Gasteiger partial charge in [-0.2, -0.15) is 11.8 Å². The van der Waals surface area contributed by atoms with Crippen LogP contribution in [0.5, 0.6) is 0 Å². The summed E-state index contributed by atoms with van der Waals surface area (Å²) in [4.78, 5) is 0. The van der Waals surface area contributed by atoms with E-state index in [0.29, 0.717) is 0 Å². The SMILES string of the molecule is Cc1ccc(CNCC2CCCS2)cc1Cl. The van der Waals surface area contributed by atoms with Crippen LogP contribution in [0.4, 0.5) is 0 Å². The fourth-order valence-electron chi connectivity index (χ4n) is 1.93. The van der Waals surface area contributed by atoms with Crippen LogP contribution >= 0.6 is 23.4 Å². The van der Waals surface area contributed by atoms with Crippen molar-refractivity contribution in [1.29, 1.82) is 0 Å². The number of hydrogen-bond acceptors (Lipinski definition) is 2. The molecule has 3 heteroatoms. The number of rotatable bonds is 4. The maximum Gasteiger partial charge on any atom is 0.0438 e. The molecule has 1 nitrogen and oxygen atoms in total. The summed E-state index contributed by atoms with van der Waals surface area (Å²) in [6, 6.07) is 6.30. The minimum Gasteiger partial charge on any atom is -0.312 e. The van der Waals surface area contributed by atoms with E-state index in [1.165, 1.54) is 24.2 Å². The lowest BCUT2D eigenvalue weighted by Crippen LogP contribution is -2.22. The highest BCUT2D eigenvalue weighted by molar-refractivity contribution is 8.00. The zero-order valence-corrected chi connectivity index (χ0v) is 11.2. The van der Waals surface area contributed by atoms with E-state index in [9.17, 15) is 0 Å². The van der Waals surface area contributed by atoms with E-state index in [-0.39, 0.29) is 0 Å². The fourth-order valence-corrected chi connectivity index (χ4v) is 3.37. The maximum absolute atomic E-state index is 6.09.